The molecule has 0 amide bonds. The van der Waals surface area contributed by atoms with Gasteiger partial charge in [-0.3, -0.25) is 9.13 Å². The number of aromatic hydroxyl groups is 1. The van der Waals surface area contributed by atoms with Crippen LogP contribution in [0.1, 0.15) is 11.1 Å². The van der Waals surface area contributed by atoms with Crippen LogP contribution >= 0.6 is 7.60 Å². The number of nitrogens with one attached hydrogen (secondary N) is 1. The second kappa shape index (κ2) is 7.75. The zero-order chi connectivity index (χ0) is 21.3. The molecule has 2 aromatic carbocycles. The van der Waals surface area contributed by atoms with Crippen molar-refractivity contribution >= 4 is 35.8 Å². The summed E-state index contributed by atoms with van der Waals surface area (Å²) in [7, 11) is -4.39. The van der Waals surface area contributed by atoms with Crippen molar-refractivity contribution in [2.45, 2.75) is 13.1 Å². The Kier molecular flexibility index (Phi) is 5.13. The topological polar surface area (TPSA) is 159 Å². The smallest absolute Gasteiger partial charge is 0.356 e. The summed E-state index contributed by atoms with van der Waals surface area (Å²) in [5.41, 5.74) is 8.13. The van der Waals surface area contributed by atoms with E-state index in [9.17, 15) is 19.5 Å². The highest BCUT2D eigenvalue weighted by Gasteiger charge is 2.19. The average molecular weight is 426 g/mol. The van der Waals surface area contributed by atoms with Crippen molar-refractivity contribution in [2.75, 3.05) is 11.1 Å². The minimum absolute atomic E-state index is 0.0880. The Labute approximate surface area is 171 Å². The highest BCUT2D eigenvalue weighted by Crippen LogP contribution is 2.33. The number of hydrogen-bond donors (Lipinski definition) is 5. The molecule has 2 aromatic heterocycles. The molecule has 0 unspecified atom stereocenters. The molecule has 4 rings (SSSR count). The molecule has 0 aliphatic rings. The largest absolute Gasteiger partial charge is 0.480 e. The fraction of sp³-hybridized carbons (Fsp3) is 0.105. The lowest BCUT2D eigenvalue weighted by Gasteiger charge is -2.10. The predicted molar refractivity (Wildman–Crippen MR) is 112 cm³/mol. The van der Waals surface area contributed by atoms with E-state index in [0.717, 1.165) is 5.56 Å². The molecule has 0 saturated heterocycles. The normalized spacial score (nSPS) is 11.7. The van der Waals surface area contributed by atoms with Gasteiger partial charge in [0.1, 0.15) is 0 Å². The fourth-order valence-electron chi connectivity index (χ4n) is 3.03. The number of rotatable bonds is 6. The second-order valence-electron chi connectivity index (χ2n) is 6.66. The van der Waals surface area contributed by atoms with Crippen LogP contribution in [0.3, 0.4) is 0 Å². The van der Waals surface area contributed by atoms with Gasteiger partial charge in [0.05, 0.1) is 11.8 Å². The molecule has 30 heavy (non-hydrogen) atoms. The first-order valence-electron chi connectivity index (χ1n) is 8.97. The van der Waals surface area contributed by atoms with Crippen LogP contribution < -0.4 is 16.4 Å². The summed E-state index contributed by atoms with van der Waals surface area (Å²) < 4.78 is 12.9. The van der Waals surface area contributed by atoms with Crippen LogP contribution in [-0.4, -0.2) is 34.4 Å². The van der Waals surface area contributed by atoms with Gasteiger partial charge in [0, 0.05) is 6.54 Å². The molecule has 0 radical (unpaired) electrons. The van der Waals surface area contributed by atoms with Gasteiger partial charge in [-0.15, -0.1) is 0 Å². The Morgan fingerprint density at radius 2 is 1.73 bits per heavy atom. The molecule has 154 valence electrons. The lowest BCUT2D eigenvalue weighted by Crippen LogP contribution is -2.09. The lowest BCUT2D eigenvalue weighted by molar-refractivity contribution is 0.387. The molecular weight excluding hydrogens is 407 g/mol. The van der Waals surface area contributed by atoms with E-state index in [4.69, 9.17) is 5.73 Å². The summed E-state index contributed by atoms with van der Waals surface area (Å²) in [6.45, 7) is 0.570. The van der Waals surface area contributed by atoms with Gasteiger partial charge in [-0.1, -0.05) is 42.5 Å². The van der Waals surface area contributed by atoms with Gasteiger partial charge >= 0.3 is 7.60 Å². The van der Waals surface area contributed by atoms with Gasteiger partial charge in [0.2, 0.25) is 5.95 Å². The number of fused-ring (bicyclic) bond motifs is 1. The van der Waals surface area contributed by atoms with Gasteiger partial charge in [-0.2, -0.15) is 15.0 Å². The molecular formula is C19H19N6O4P. The predicted octanol–water partition coefficient (Wildman–Crippen LogP) is 1.58. The summed E-state index contributed by atoms with van der Waals surface area (Å²) in [5.74, 6) is 0.377. The van der Waals surface area contributed by atoms with Gasteiger partial charge in [0.15, 0.2) is 17.0 Å². The van der Waals surface area contributed by atoms with E-state index < -0.39 is 7.60 Å². The first kappa shape index (κ1) is 19.8. The van der Waals surface area contributed by atoms with Gasteiger partial charge < -0.3 is 25.9 Å². The van der Waals surface area contributed by atoms with E-state index in [0.29, 0.717) is 17.8 Å². The highest BCUT2D eigenvalue weighted by molar-refractivity contribution is 7.60. The molecule has 0 aliphatic carbocycles. The number of nitrogen functional groups attached to an aromatic ring is 1. The van der Waals surface area contributed by atoms with Crippen LogP contribution in [0.25, 0.3) is 11.2 Å². The first-order valence-corrected chi connectivity index (χ1v) is 10.6. The average Bonchev–Trinajstić information content (AvgIpc) is 3.03. The first-order chi connectivity index (χ1) is 14.3. The van der Waals surface area contributed by atoms with Crippen LogP contribution in [0.4, 0.5) is 11.8 Å². The SMILES string of the molecule is Nc1nc(NCc2ccccc2)nc2c1nc(O)n2Cc1cccc(P(=O)(O)O)c1. The lowest BCUT2D eigenvalue weighted by atomic mass is 10.2. The van der Waals surface area contributed by atoms with E-state index in [2.05, 4.69) is 20.3 Å². The maximum absolute atomic E-state index is 11.5. The molecule has 2 heterocycles. The summed E-state index contributed by atoms with van der Waals surface area (Å²) in [6.07, 6.45) is 0. The van der Waals surface area contributed by atoms with Gasteiger partial charge in [0.25, 0.3) is 6.01 Å². The third-order valence-electron chi connectivity index (χ3n) is 4.48. The molecule has 6 N–H and O–H groups in total. The van der Waals surface area contributed by atoms with Crippen LogP contribution in [0.2, 0.25) is 0 Å². The number of imidazole rings is 1. The van der Waals surface area contributed by atoms with Crippen molar-refractivity contribution in [2.24, 2.45) is 0 Å². The zero-order valence-electron chi connectivity index (χ0n) is 15.7. The number of hydrogen-bond acceptors (Lipinski definition) is 7. The molecule has 0 saturated carbocycles. The maximum atomic E-state index is 11.5. The standard InChI is InChI=1S/C19H19N6O4P/c20-16-15-17(24-18(23-16)21-10-12-5-2-1-3-6-12)25(19(26)22-15)11-13-7-4-8-14(9-13)30(27,28)29/h1-9H,10-11H2,(H,22,26)(H2,27,28,29)(H3,20,21,23,24). The van der Waals surface area contributed by atoms with Crippen molar-refractivity contribution in [1.29, 1.82) is 0 Å². The summed E-state index contributed by atoms with van der Waals surface area (Å²) >= 11 is 0. The minimum Gasteiger partial charge on any atom is -0.480 e. The summed E-state index contributed by atoms with van der Waals surface area (Å²) in [4.78, 5) is 31.4. The van der Waals surface area contributed by atoms with Gasteiger partial charge in [-0.25, -0.2) is 0 Å². The number of anilines is 2. The molecule has 0 atom stereocenters. The number of nitrogens with two attached hydrogens (primary N) is 1. The van der Waals surface area contributed by atoms with Crippen LogP contribution in [0.15, 0.2) is 54.6 Å². The van der Waals surface area contributed by atoms with Crippen molar-refractivity contribution in [3.63, 3.8) is 0 Å². The third kappa shape index (κ3) is 4.11. The number of aromatic nitrogens is 4. The molecule has 10 nitrogen and oxygen atoms in total. The molecule has 11 heteroatoms. The van der Waals surface area contributed by atoms with E-state index in [1.165, 1.54) is 22.8 Å². The zero-order valence-corrected chi connectivity index (χ0v) is 16.6. The van der Waals surface area contributed by atoms with Crippen molar-refractivity contribution in [1.82, 2.24) is 19.5 Å². The number of benzene rings is 2. The molecule has 4 aromatic rings. The third-order valence-corrected chi connectivity index (χ3v) is 5.43. The van der Waals surface area contributed by atoms with E-state index in [1.807, 2.05) is 30.3 Å². The van der Waals surface area contributed by atoms with E-state index >= 15 is 0 Å². The number of nitrogens with zero attached hydrogens (tertiary/aromatic N) is 4. The minimum atomic E-state index is -4.39. The van der Waals surface area contributed by atoms with Crippen molar-refractivity contribution in [3.8, 4) is 6.01 Å². The maximum Gasteiger partial charge on any atom is 0.356 e. The highest BCUT2D eigenvalue weighted by atomic mass is 31.2. The van der Waals surface area contributed by atoms with Crippen molar-refractivity contribution in [3.05, 3.63) is 65.7 Å². The molecule has 0 aliphatic heterocycles. The fourth-order valence-corrected chi connectivity index (χ4v) is 3.64. The Balaban J connectivity index is 1.67. The van der Waals surface area contributed by atoms with Gasteiger partial charge in [-0.05, 0) is 23.3 Å². The van der Waals surface area contributed by atoms with Crippen LogP contribution in [0, 0.1) is 0 Å². The van der Waals surface area contributed by atoms with Crippen LogP contribution in [-0.2, 0) is 17.7 Å². The monoisotopic (exact) mass is 426 g/mol. The van der Waals surface area contributed by atoms with Crippen molar-refractivity contribution < 1.29 is 19.5 Å². The summed E-state index contributed by atoms with van der Waals surface area (Å²) in [6, 6.07) is 15.3. The Bertz CT molecular complexity index is 1250. The van der Waals surface area contributed by atoms with Crippen LogP contribution in [0.5, 0.6) is 6.01 Å². The quantitative estimate of drug-likeness (QED) is 0.288. The summed E-state index contributed by atoms with van der Waals surface area (Å²) in [5, 5.41) is 13.3. The van der Waals surface area contributed by atoms with E-state index in [-0.39, 0.29) is 35.1 Å². The Morgan fingerprint density at radius 1 is 1.00 bits per heavy atom. The molecule has 0 fully saturated rings. The van der Waals surface area contributed by atoms with E-state index in [1.54, 1.807) is 6.07 Å². The Morgan fingerprint density at radius 3 is 2.47 bits per heavy atom. The molecule has 0 bridgehead atoms. The molecule has 0 spiro atoms. The Hall–Kier alpha value is -3.46. The second-order valence-corrected chi connectivity index (χ2v) is 8.26.